The SMILES string of the molecule is Cc1cc(NC(=O)CN(Cc2ccc(C(=O)NC3CC3)cc2)C2CC2)ccc1Br. The van der Waals surface area contributed by atoms with Crippen LogP contribution in [0.15, 0.2) is 46.9 Å². The largest absolute Gasteiger partial charge is 0.349 e. The van der Waals surface area contributed by atoms with Crippen LogP contribution in [0, 0.1) is 6.92 Å². The molecule has 2 aromatic carbocycles. The number of hydrogen-bond acceptors (Lipinski definition) is 3. The number of aryl methyl sites for hydroxylation is 1. The van der Waals surface area contributed by atoms with E-state index in [1.54, 1.807) is 0 Å². The molecule has 0 aromatic heterocycles. The first-order valence-electron chi connectivity index (χ1n) is 10.2. The summed E-state index contributed by atoms with van der Waals surface area (Å²) in [6.07, 6.45) is 4.43. The summed E-state index contributed by atoms with van der Waals surface area (Å²) in [5.41, 5.74) is 3.72. The maximum Gasteiger partial charge on any atom is 0.251 e. The summed E-state index contributed by atoms with van der Waals surface area (Å²) >= 11 is 3.48. The molecule has 6 heteroatoms. The molecule has 0 saturated heterocycles. The highest BCUT2D eigenvalue weighted by Gasteiger charge is 2.30. The molecule has 0 atom stereocenters. The Morgan fingerprint density at radius 2 is 1.79 bits per heavy atom. The van der Waals surface area contributed by atoms with Gasteiger partial charge in [-0.15, -0.1) is 0 Å². The second kappa shape index (κ2) is 8.67. The average molecular weight is 456 g/mol. The number of carbonyl (C=O) groups is 2. The van der Waals surface area contributed by atoms with E-state index in [-0.39, 0.29) is 11.8 Å². The van der Waals surface area contributed by atoms with E-state index in [2.05, 4.69) is 31.5 Å². The second-order valence-corrected chi connectivity index (χ2v) is 8.95. The van der Waals surface area contributed by atoms with Crippen molar-refractivity contribution < 1.29 is 9.59 Å². The monoisotopic (exact) mass is 455 g/mol. The molecule has 0 unspecified atom stereocenters. The lowest BCUT2D eigenvalue weighted by Crippen LogP contribution is -2.34. The summed E-state index contributed by atoms with van der Waals surface area (Å²) in [4.78, 5) is 26.9. The standard InChI is InChI=1S/C23H26BrN3O2/c1-15-12-19(8-11-21(15)24)25-22(28)14-27(20-9-10-20)13-16-2-4-17(5-3-16)23(29)26-18-6-7-18/h2-5,8,11-12,18,20H,6-7,9-10,13-14H2,1H3,(H,25,28)(H,26,29). The van der Waals surface area contributed by atoms with Crippen LogP contribution in [0.1, 0.15) is 47.2 Å². The molecule has 2 saturated carbocycles. The molecule has 0 spiro atoms. The van der Waals surface area contributed by atoms with Gasteiger partial charge in [-0.05, 0) is 74.1 Å². The Morgan fingerprint density at radius 3 is 2.41 bits per heavy atom. The minimum atomic E-state index is -0.000876. The number of nitrogens with one attached hydrogen (secondary N) is 2. The summed E-state index contributed by atoms with van der Waals surface area (Å²) in [6, 6.07) is 14.4. The zero-order valence-electron chi connectivity index (χ0n) is 16.6. The fourth-order valence-corrected chi connectivity index (χ4v) is 3.60. The first-order valence-corrected chi connectivity index (χ1v) is 11.0. The van der Waals surface area contributed by atoms with Crippen LogP contribution in [0.4, 0.5) is 5.69 Å². The maximum absolute atomic E-state index is 12.6. The third kappa shape index (κ3) is 5.67. The Morgan fingerprint density at radius 1 is 1.07 bits per heavy atom. The van der Waals surface area contributed by atoms with Crippen molar-refractivity contribution in [2.75, 3.05) is 11.9 Å². The van der Waals surface area contributed by atoms with E-state index >= 15 is 0 Å². The molecular weight excluding hydrogens is 430 g/mol. The Labute approximate surface area is 180 Å². The van der Waals surface area contributed by atoms with Gasteiger partial charge < -0.3 is 10.6 Å². The molecule has 2 N–H and O–H groups in total. The molecule has 2 fully saturated rings. The van der Waals surface area contributed by atoms with Crippen LogP contribution < -0.4 is 10.6 Å². The van der Waals surface area contributed by atoms with E-state index in [4.69, 9.17) is 0 Å². The van der Waals surface area contributed by atoms with E-state index in [0.29, 0.717) is 30.7 Å². The molecule has 0 radical (unpaired) electrons. The highest BCUT2D eigenvalue weighted by atomic mass is 79.9. The molecule has 2 aliphatic carbocycles. The van der Waals surface area contributed by atoms with Gasteiger partial charge in [0.15, 0.2) is 0 Å². The summed E-state index contributed by atoms with van der Waals surface area (Å²) in [5, 5.41) is 6.01. The zero-order chi connectivity index (χ0) is 20.4. The lowest BCUT2D eigenvalue weighted by atomic mass is 10.1. The predicted molar refractivity (Wildman–Crippen MR) is 118 cm³/mol. The summed E-state index contributed by atoms with van der Waals surface area (Å²) in [6.45, 7) is 3.08. The van der Waals surface area contributed by atoms with Gasteiger partial charge in [0.1, 0.15) is 0 Å². The molecule has 4 rings (SSSR count). The van der Waals surface area contributed by atoms with Crippen molar-refractivity contribution in [2.45, 2.75) is 51.2 Å². The van der Waals surface area contributed by atoms with Crippen molar-refractivity contribution in [1.82, 2.24) is 10.2 Å². The van der Waals surface area contributed by atoms with Gasteiger partial charge in [0.2, 0.25) is 5.91 Å². The molecule has 0 heterocycles. The van der Waals surface area contributed by atoms with Crippen LogP contribution in [0.3, 0.4) is 0 Å². The number of nitrogens with zero attached hydrogens (tertiary/aromatic N) is 1. The summed E-state index contributed by atoms with van der Waals surface area (Å²) < 4.78 is 1.03. The molecule has 2 aromatic rings. The number of benzene rings is 2. The third-order valence-electron chi connectivity index (χ3n) is 5.37. The molecule has 5 nitrogen and oxygen atoms in total. The first-order chi connectivity index (χ1) is 14.0. The normalized spacial score (nSPS) is 16.0. The zero-order valence-corrected chi connectivity index (χ0v) is 18.2. The number of carbonyl (C=O) groups excluding carboxylic acids is 2. The number of anilines is 1. The van der Waals surface area contributed by atoms with Gasteiger partial charge in [0.25, 0.3) is 5.91 Å². The van der Waals surface area contributed by atoms with Crippen molar-refractivity contribution in [2.24, 2.45) is 0 Å². The number of hydrogen-bond donors (Lipinski definition) is 2. The van der Waals surface area contributed by atoms with E-state index in [1.807, 2.05) is 49.4 Å². The van der Waals surface area contributed by atoms with E-state index in [9.17, 15) is 9.59 Å². The fourth-order valence-electron chi connectivity index (χ4n) is 3.35. The van der Waals surface area contributed by atoms with Crippen molar-refractivity contribution >= 4 is 33.4 Å². The van der Waals surface area contributed by atoms with Crippen molar-refractivity contribution in [3.63, 3.8) is 0 Å². The Balaban J connectivity index is 1.34. The predicted octanol–water partition coefficient (Wildman–Crippen LogP) is 4.25. The molecule has 0 aliphatic heterocycles. The summed E-state index contributed by atoms with van der Waals surface area (Å²) in [7, 11) is 0. The molecule has 29 heavy (non-hydrogen) atoms. The lowest BCUT2D eigenvalue weighted by Gasteiger charge is -2.21. The highest BCUT2D eigenvalue weighted by molar-refractivity contribution is 9.10. The van der Waals surface area contributed by atoms with Gasteiger partial charge in [0, 0.05) is 34.4 Å². The number of rotatable bonds is 8. The van der Waals surface area contributed by atoms with Crippen LogP contribution in [0.5, 0.6) is 0 Å². The van der Waals surface area contributed by atoms with Gasteiger partial charge in [-0.25, -0.2) is 0 Å². The van der Waals surface area contributed by atoms with Crippen molar-refractivity contribution in [1.29, 1.82) is 0 Å². The van der Waals surface area contributed by atoms with E-state index < -0.39 is 0 Å². The molecule has 2 aliphatic rings. The maximum atomic E-state index is 12.6. The average Bonchev–Trinajstić information content (AvgIpc) is 3.59. The Kier molecular flexibility index (Phi) is 6.01. The van der Waals surface area contributed by atoms with Gasteiger partial charge in [-0.2, -0.15) is 0 Å². The topological polar surface area (TPSA) is 61.4 Å². The molecule has 2 amide bonds. The first kappa shape index (κ1) is 20.1. The van der Waals surface area contributed by atoms with Crippen LogP contribution in [-0.4, -0.2) is 35.3 Å². The smallest absolute Gasteiger partial charge is 0.251 e. The summed E-state index contributed by atoms with van der Waals surface area (Å²) in [5.74, 6) is 0.00122. The van der Waals surface area contributed by atoms with Gasteiger partial charge in [-0.3, -0.25) is 14.5 Å². The Hall–Kier alpha value is -2.18. The Bertz CT molecular complexity index is 905. The fraction of sp³-hybridized carbons (Fsp3) is 0.391. The number of halogens is 1. The highest BCUT2D eigenvalue weighted by Crippen LogP contribution is 2.28. The van der Waals surface area contributed by atoms with E-state index in [1.165, 1.54) is 0 Å². The van der Waals surface area contributed by atoms with E-state index in [0.717, 1.165) is 47.0 Å². The quantitative estimate of drug-likeness (QED) is 0.625. The molecular formula is C23H26BrN3O2. The van der Waals surface area contributed by atoms with Crippen LogP contribution in [-0.2, 0) is 11.3 Å². The number of amides is 2. The minimum absolute atomic E-state index is 0.000876. The van der Waals surface area contributed by atoms with Gasteiger partial charge in [0.05, 0.1) is 6.54 Å². The molecule has 0 bridgehead atoms. The van der Waals surface area contributed by atoms with Crippen LogP contribution in [0.2, 0.25) is 0 Å². The van der Waals surface area contributed by atoms with Crippen LogP contribution >= 0.6 is 15.9 Å². The van der Waals surface area contributed by atoms with Gasteiger partial charge in [-0.1, -0.05) is 28.1 Å². The molecule has 152 valence electrons. The second-order valence-electron chi connectivity index (χ2n) is 8.09. The minimum Gasteiger partial charge on any atom is -0.349 e. The lowest BCUT2D eigenvalue weighted by molar-refractivity contribution is -0.117. The third-order valence-corrected chi connectivity index (χ3v) is 6.26. The van der Waals surface area contributed by atoms with Crippen molar-refractivity contribution in [3.05, 3.63) is 63.6 Å². The van der Waals surface area contributed by atoms with Gasteiger partial charge >= 0.3 is 0 Å². The van der Waals surface area contributed by atoms with Crippen molar-refractivity contribution in [3.8, 4) is 0 Å². The van der Waals surface area contributed by atoms with Crippen LogP contribution in [0.25, 0.3) is 0 Å².